The van der Waals surface area contributed by atoms with Crippen molar-refractivity contribution in [3.63, 3.8) is 0 Å². The molecule has 0 aliphatic carbocycles. The van der Waals surface area contributed by atoms with E-state index in [2.05, 4.69) is 22.8 Å². The van der Waals surface area contributed by atoms with Crippen LogP contribution in [0.25, 0.3) is 17.0 Å². The van der Waals surface area contributed by atoms with E-state index >= 15 is 0 Å². The van der Waals surface area contributed by atoms with Crippen molar-refractivity contribution >= 4 is 34.3 Å². The van der Waals surface area contributed by atoms with E-state index in [4.69, 9.17) is 19.2 Å². The van der Waals surface area contributed by atoms with Gasteiger partial charge in [-0.1, -0.05) is 47.7 Å². The van der Waals surface area contributed by atoms with Gasteiger partial charge in [-0.2, -0.15) is 5.26 Å². The smallest absolute Gasteiger partial charge is 0.338 e. The van der Waals surface area contributed by atoms with E-state index in [0.717, 1.165) is 27.7 Å². The molecule has 3 aromatic carbocycles. The molecule has 10 heteroatoms. The highest BCUT2D eigenvalue weighted by molar-refractivity contribution is 7.07. The van der Waals surface area contributed by atoms with Gasteiger partial charge < -0.3 is 18.8 Å². The fourth-order valence-electron chi connectivity index (χ4n) is 6.15. The number of rotatable bonds is 9. The van der Waals surface area contributed by atoms with Crippen molar-refractivity contribution in [1.29, 1.82) is 5.26 Å². The van der Waals surface area contributed by atoms with Gasteiger partial charge in [-0.15, -0.1) is 0 Å². The number of fused-ring (bicyclic) bond motifs is 2. The summed E-state index contributed by atoms with van der Waals surface area (Å²) in [6.45, 7) is 10.2. The number of carbonyl (C=O) groups is 1. The Balaban J connectivity index is 1.53. The van der Waals surface area contributed by atoms with Gasteiger partial charge in [-0.05, 0) is 82.2 Å². The molecule has 0 bridgehead atoms. The van der Waals surface area contributed by atoms with Gasteiger partial charge >= 0.3 is 5.97 Å². The number of carbonyl (C=O) groups excluding carboxylic acids is 1. The predicted molar refractivity (Wildman–Crippen MR) is 186 cm³/mol. The zero-order valence-electron chi connectivity index (χ0n) is 27.7. The molecule has 48 heavy (non-hydrogen) atoms. The number of ether oxygens (including phenoxy) is 3. The maximum atomic E-state index is 14.4. The van der Waals surface area contributed by atoms with Crippen LogP contribution in [0, 0.1) is 18.3 Å². The molecule has 3 heterocycles. The molecular weight excluding hydrogens is 625 g/mol. The third-order valence-corrected chi connectivity index (χ3v) is 9.34. The molecule has 0 amide bonds. The zero-order chi connectivity index (χ0) is 34.1. The van der Waals surface area contributed by atoms with Crippen molar-refractivity contribution in [3.8, 4) is 17.6 Å². The van der Waals surface area contributed by atoms with Crippen LogP contribution in [-0.2, 0) is 16.1 Å². The first-order chi connectivity index (χ1) is 23.1. The summed E-state index contributed by atoms with van der Waals surface area (Å²) in [5.41, 5.74) is 5.83. The van der Waals surface area contributed by atoms with E-state index < -0.39 is 12.0 Å². The average Bonchev–Trinajstić information content (AvgIpc) is 3.52. The number of benzene rings is 3. The summed E-state index contributed by atoms with van der Waals surface area (Å²) in [5, 5.41) is 10.2. The van der Waals surface area contributed by atoms with Crippen molar-refractivity contribution in [3.05, 3.63) is 126 Å². The maximum Gasteiger partial charge on any atom is 0.338 e. The molecule has 244 valence electrons. The van der Waals surface area contributed by atoms with Crippen LogP contribution in [0.5, 0.6) is 11.5 Å². The topological polar surface area (TPSA) is 108 Å². The van der Waals surface area contributed by atoms with E-state index in [1.54, 1.807) is 37.7 Å². The van der Waals surface area contributed by atoms with E-state index in [1.807, 2.05) is 69.3 Å². The second kappa shape index (κ2) is 13.4. The number of allylic oxidation sites excluding steroid dienone is 1. The lowest BCUT2D eigenvalue weighted by atomic mass is 9.95. The lowest BCUT2D eigenvalue weighted by molar-refractivity contribution is -0.139. The number of esters is 1. The molecule has 9 nitrogen and oxygen atoms in total. The fraction of sp³-hybridized carbons (Fsp3) is 0.263. The van der Waals surface area contributed by atoms with Gasteiger partial charge in [0.05, 0.1) is 53.3 Å². The van der Waals surface area contributed by atoms with E-state index in [-0.39, 0.29) is 18.3 Å². The molecule has 0 N–H and O–H groups in total. The molecule has 0 saturated carbocycles. The number of methoxy groups -OCH3 is 1. The van der Waals surface area contributed by atoms with Gasteiger partial charge in [0, 0.05) is 28.7 Å². The van der Waals surface area contributed by atoms with Crippen LogP contribution >= 0.6 is 11.3 Å². The van der Waals surface area contributed by atoms with Crippen LogP contribution in [0.4, 0.5) is 0 Å². The highest BCUT2D eigenvalue weighted by atomic mass is 32.1. The van der Waals surface area contributed by atoms with Crippen LogP contribution in [-0.4, -0.2) is 34.9 Å². The first-order valence-corrected chi connectivity index (χ1v) is 16.6. The number of hydrogen-bond acceptors (Lipinski definition) is 8. The Labute approximate surface area is 282 Å². The Bertz CT molecular complexity index is 2300. The predicted octanol–water partition coefficient (Wildman–Crippen LogP) is 5.78. The fourth-order valence-corrected chi connectivity index (χ4v) is 7.18. The Kier molecular flexibility index (Phi) is 9.07. The Morgan fingerprint density at radius 2 is 1.83 bits per heavy atom. The quantitative estimate of drug-likeness (QED) is 0.186. The Hall–Kier alpha value is -5.40. The minimum Gasteiger partial charge on any atom is -0.493 e. The second-order valence-corrected chi connectivity index (χ2v) is 12.8. The maximum absolute atomic E-state index is 14.4. The van der Waals surface area contributed by atoms with Gasteiger partial charge in [0.2, 0.25) is 0 Å². The summed E-state index contributed by atoms with van der Waals surface area (Å²) in [6.07, 6.45) is 1.86. The highest BCUT2D eigenvalue weighted by Crippen LogP contribution is 2.36. The normalized spacial score (nSPS) is 14.5. The third kappa shape index (κ3) is 5.93. The van der Waals surface area contributed by atoms with Crippen LogP contribution < -0.4 is 24.4 Å². The standard InChI is InChI=1S/C38H36N4O5S/c1-7-46-37(44)34-23(4)40-38-42(35(34)27-16-17-31(47-22(2)3)32(18-27)45-6)36(43)33(48-38)19-29-24(5)41(30-11-9-8-10-28(29)30)21-26-14-12-25(20-39)13-15-26/h8-19,22,35H,7,21H2,1-6H3/b33-19+/t35-/m1/s1. The van der Waals surface area contributed by atoms with Crippen molar-refractivity contribution in [1.82, 2.24) is 9.13 Å². The minimum absolute atomic E-state index is 0.0711. The molecule has 5 aromatic rings. The molecule has 0 radical (unpaired) electrons. The first kappa shape index (κ1) is 32.5. The molecule has 0 fully saturated rings. The van der Waals surface area contributed by atoms with Gasteiger partial charge in [-0.3, -0.25) is 9.36 Å². The number of thiazole rings is 1. The number of nitriles is 1. The summed E-state index contributed by atoms with van der Waals surface area (Å²) in [5.74, 6) is 0.531. The minimum atomic E-state index is -0.789. The summed E-state index contributed by atoms with van der Waals surface area (Å²) < 4.78 is 21.4. The van der Waals surface area contributed by atoms with Crippen LogP contribution in [0.2, 0.25) is 0 Å². The summed E-state index contributed by atoms with van der Waals surface area (Å²) >= 11 is 1.29. The monoisotopic (exact) mass is 660 g/mol. The summed E-state index contributed by atoms with van der Waals surface area (Å²) in [6, 6.07) is 22.5. The van der Waals surface area contributed by atoms with Crippen LogP contribution in [0.1, 0.15) is 61.7 Å². The molecular formula is C38H36N4O5S. The SMILES string of the molecule is CCOC(=O)C1=C(C)N=c2s/c(=C/c3c(C)n(Cc4ccc(C#N)cc4)c4ccccc34)c(=O)n2[C@@H]1c1ccc(OC(C)C)c(OC)c1. The molecule has 0 unspecified atom stereocenters. The molecule has 1 atom stereocenters. The molecule has 1 aliphatic rings. The lowest BCUT2D eigenvalue weighted by Gasteiger charge is -2.25. The summed E-state index contributed by atoms with van der Waals surface area (Å²) in [7, 11) is 1.56. The number of hydrogen-bond donors (Lipinski definition) is 0. The molecule has 0 spiro atoms. The molecule has 6 rings (SSSR count). The lowest BCUT2D eigenvalue weighted by Crippen LogP contribution is -2.40. The van der Waals surface area contributed by atoms with Gasteiger partial charge in [0.25, 0.3) is 5.56 Å². The van der Waals surface area contributed by atoms with E-state index in [0.29, 0.717) is 49.8 Å². The largest absolute Gasteiger partial charge is 0.493 e. The van der Waals surface area contributed by atoms with Crippen LogP contribution in [0.15, 0.2) is 87.8 Å². The number of aromatic nitrogens is 2. The average molecular weight is 661 g/mol. The first-order valence-electron chi connectivity index (χ1n) is 15.8. The molecule has 0 saturated heterocycles. The second-order valence-electron chi connectivity index (χ2n) is 11.8. The Morgan fingerprint density at radius 1 is 1.08 bits per heavy atom. The van der Waals surface area contributed by atoms with Gasteiger partial charge in [-0.25, -0.2) is 9.79 Å². The van der Waals surface area contributed by atoms with Crippen molar-refractivity contribution in [2.75, 3.05) is 13.7 Å². The number of nitrogens with zero attached hydrogens (tertiary/aromatic N) is 4. The van der Waals surface area contributed by atoms with E-state index in [1.165, 1.54) is 11.3 Å². The number of para-hydroxylation sites is 1. The van der Waals surface area contributed by atoms with Crippen molar-refractivity contribution in [2.45, 2.75) is 53.3 Å². The van der Waals surface area contributed by atoms with Crippen molar-refractivity contribution < 1.29 is 19.0 Å². The van der Waals surface area contributed by atoms with Gasteiger partial charge in [0.1, 0.15) is 0 Å². The zero-order valence-corrected chi connectivity index (χ0v) is 28.6. The summed E-state index contributed by atoms with van der Waals surface area (Å²) in [4.78, 5) is 33.1. The molecule has 2 aromatic heterocycles. The Morgan fingerprint density at radius 3 is 2.52 bits per heavy atom. The highest BCUT2D eigenvalue weighted by Gasteiger charge is 2.34. The van der Waals surface area contributed by atoms with Gasteiger partial charge in [0.15, 0.2) is 16.3 Å². The third-order valence-electron chi connectivity index (χ3n) is 8.36. The van der Waals surface area contributed by atoms with Crippen LogP contribution in [0.3, 0.4) is 0 Å². The molecule has 1 aliphatic heterocycles. The van der Waals surface area contributed by atoms with E-state index in [9.17, 15) is 14.9 Å². The van der Waals surface area contributed by atoms with Crippen molar-refractivity contribution in [2.24, 2.45) is 4.99 Å².